The molecule has 2 aromatic rings. The summed E-state index contributed by atoms with van der Waals surface area (Å²) in [5, 5.41) is 0. The normalized spacial score (nSPS) is 23.0. The smallest absolute Gasteiger partial charge is 0.255 e. The largest absolute Gasteiger partial charge is 0.331 e. The molecule has 0 bridgehead atoms. The Labute approximate surface area is 183 Å². The van der Waals surface area contributed by atoms with Crippen LogP contribution in [0.25, 0.3) is 0 Å². The highest BCUT2D eigenvalue weighted by atomic mass is 16.2. The predicted octanol–water partition coefficient (Wildman–Crippen LogP) is 4.89. The first-order valence-electron chi connectivity index (χ1n) is 10.9. The van der Waals surface area contributed by atoms with E-state index < -0.39 is 0 Å². The lowest BCUT2D eigenvalue weighted by molar-refractivity contribution is 0.0660. The number of hydrogen-bond donors (Lipinski definition) is 0. The molecule has 2 amide bonds. The number of rotatable bonds is 4. The van der Waals surface area contributed by atoms with Gasteiger partial charge < -0.3 is 9.80 Å². The van der Waals surface area contributed by atoms with Gasteiger partial charge >= 0.3 is 0 Å². The van der Waals surface area contributed by atoms with Gasteiger partial charge in [-0.25, -0.2) is 0 Å². The van der Waals surface area contributed by atoms with Gasteiger partial charge in [0.1, 0.15) is 0 Å². The standard InChI is InChI=1S/C27H26N2O2/c1-2-3-8-19-13-14-22(28-17-20-9-4-6-11-23(20)26(28)30)15-16-25(19)29-18-21-10-5-7-12-24(21)27(29)31/h2-13,22,25H,1,14-18H2/b8-3-. The van der Waals surface area contributed by atoms with E-state index >= 15 is 0 Å². The third-order valence-electron chi connectivity index (χ3n) is 6.72. The van der Waals surface area contributed by atoms with Crippen molar-refractivity contribution < 1.29 is 9.59 Å². The number of benzene rings is 2. The molecule has 31 heavy (non-hydrogen) atoms. The minimum atomic E-state index is 0.00109. The van der Waals surface area contributed by atoms with Crippen LogP contribution in [0, 0.1) is 0 Å². The second kappa shape index (κ2) is 8.03. The van der Waals surface area contributed by atoms with E-state index in [1.54, 1.807) is 6.08 Å². The average Bonchev–Trinajstić information content (AvgIpc) is 3.22. The highest BCUT2D eigenvalue weighted by Crippen LogP contribution is 2.35. The summed E-state index contributed by atoms with van der Waals surface area (Å²) in [7, 11) is 0. The topological polar surface area (TPSA) is 40.6 Å². The number of amides is 2. The Balaban J connectivity index is 1.40. The SMILES string of the molecule is C=C/C=C\C1=CCC(N2Cc3ccccc3C2=O)CCC1N1Cc2ccccc2C1=O. The van der Waals surface area contributed by atoms with Gasteiger partial charge in [0.2, 0.25) is 0 Å². The zero-order valence-electron chi connectivity index (χ0n) is 17.5. The van der Waals surface area contributed by atoms with Crippen LogP contribution in [0.1, 0.15) is 51.1 Å². The summed E-state index contributed by atoms with van der Waals surface area (Å²) >= 11 is 0. The molecule has 1 aliphatic carbocycles. The fourth-order valence-electron chi connectivity index (χ4n) is 5.12. The zero-order chi connectivity index (χ0) is 21.4. The molecule has 0 fully saturated rings. The number of carbonyl (C=O) groups excluding carboxylic acids is 2. The summed E-state index contributed by atoms with van der Waals surface area (Å²) in [6, 6.07) is 15.9. The molecule has 0 saturated heterocycles. The quantitative estimate of drug-likeness (QED) is 0.674. The number of hydrogen-bond acceptors (Lipinski definition) is 2. The Morgan fingerprint density at radius 3 is 2.10 bits per heavy atom. The van der Waals surface area contributed by atoms with Gasteiger partial charge in [-0.1, -0.05) is 67.3 Å². The summed E-state index contributed by atoms with van der Waals surface area (Å²) in [5.74, 6) is 0.224. The minimum Gasteiger partial charge on any atom is -0.331 e. The molecule has 2 aromatic carbocycles. The molecule has 2 atom stereocenters. The van der Waals surface area contributed by atoms with Gasteiger partial charge in [0.05, 0.1) is 6.04 Å². The van der Waals surface area contributed by atoms with Crippen molar-refractivity contribution >= 4 is 11.8 Å². The van der Waals surface area contributed by atoms with E-state index in [2.05, 4.69) is 18.7 Å². The molecular weight excluding hydrogens is 384 g/mol. The van der Waals surface area contributed by atoms with Crippen molar-refractivity contribution in [1.29, 1.82) is 0 Å². The van der Waals surface area contributed by atoms with Crippen molar-refractivity contribution in [3.63, 3.8) is 0 Å². The molecule has 4 heteroatoms. The maximum absolute atomic E-state index is 13.2. The Bertz CT molecular complexity index is 1110. The highest BCUT2D eigenvalue weighted by Gasteiger charge is 2.37. The van der Waals surface area contributed by atoms with E-state index in [0.717, 1.165) is 47.1 Å². The van der Waals surface area contributed by atoms with Gasteiger partial charge in [0, 0.05) is 30.3 Å². The fourth-order valence-corrected chi connectivity index (χ4v) is 5.12. The van der Waals surface area contributed by atoms with Crippen LogP contribution in [0.4, 0.5) is 0 Å². The van der Waals surface area contributed by atoms with Crippen LogP contribution in [-0.2, 0) is 13.1 Å². The first-order valence-corrected chi connectivity index (χ1v) is 10.9. The number of nitrogens with zero attached hydrogens (tertiary/aromatic N) is 2. The van der Waals surface area contributed by atoms with Crippen molar-refractivity contribution in [3.05, 3.63) is 107 Å². The van der Waals surface area contributed by atoms with Crippen LogP contribution in [0.15, 0.2) is 85.0 Å². The molecule has 0 spiro atoms. The maximum Gasteiger partial charge on any atom is 0.255 e. The monoisotopic (exact) mass is 410 g/mol. The van der Waals surface area contributed by atoms with Gasteiger partial charge in [-0.05, 0) is 48.1 Å². The van der Waals surface area contributed by atoms with E-state index in [0.29, 0.717) is 13.1 Å². The third kappa shape index (κ3) is 3.42. The Morgan fingerprint density at radius 1 is 0.839 bits per heavy atom. The summed E-state index contributed by atoms with van der Waals surface area (Å²) < 4.78 is 0. The molecule has 3 aliphatic rings. The molecule has 0 aromatic heterocycles. The molecule has 2 unspecified atom stereocenters. The van der Waals surface area contributed by atoms with Crippen LogP contribution in [0.2, 0.25) is 0 Å². The van der Waals surface area contributed by atoms with E-state index in [1.807, 2.05) is 64.4 Å². The first kappa shape index (κ1) is 19.6. The molecule has 4 nitrogen and oxygen atoms in total. The van der Waals surface area contributed by atoms with Crippen molar-refractivity contribution in [2.45, 2.75) is 44.4 Å². The molecule has 0 saturated carbocycles. The van der Waals surface area contributed by atoms with Gasteiger partial charge in [-0.15, -0.1) is 0 Å². The lowest BCUT2D eigenvalue weighted by atomic mass is 10.0. The molecule has 0 N–H and O–H groups in total. The van der Waals surface area contributed by atoms with Crippen molar-refractivity contribution in [2.24, 2.45) is 0 Å². The van der Waals surface area contributed by atoms with Crippen LogP contribution in [0.3, 0.4) is 0 Å². The van der Waals surface area contributed by atoms with Crippen LogP contribution < -0.4 is 0 Å². The average molecular weight is 411 g/mol. The predicted molar refractivity (Wildman–Crippen MR) is 121 cm³/mol. The van der Waals surface area contributed by atoms with Crippen LogP contribution >= 0.6 is 0 Å². The summed E-state index contributed by atoms with van der Waals surface area (Å²) in [6.07, 6.45) is 10.5. The van der Waals surface area contributed by atoms with E-state index in [1.165, 1.54) is 0 Å². The number of allylic oxidation sites excluding steroid dienone is 2. The van der Waals surface area contributed by atoms with E-state index in [-0.39, 0.29) is 23.9 Å². The molecule has 0 radical (unpaired) electrons. The number of fused-ring (bicyclic) bond motifs is 2. The van der Waals surface area contributed by atoms with E-state index in [9.17, 15) is 9.59 Å². The Hall–Kier alpha value is -3.40. The lowest BCUT2D eigenvalue weighted by Gasteiger charge is -2.30. The molecule has 2 aliphatic heterocycles. The van der Waals surface area contributed by atoms with Gasteiger partial charge in [0.25, 0.3) is 11.8 Å². The Kier molecular flexibility index (Phi) is 5.06. The molecular formula is C27H26N2O2. The van der Waals surface area contributed by atoms with Gasteiger partial charge in [-0.2, -0.15) is 0 Å². The summed E-state index contributed by atoms with van der Waals surface area (Å²) in [4.78, 5) is 30.2. The van der Waals surface area contributed by atoms with Crippen LogP contribution in [-0.4, -0.2) is 33.7 Å². The molecule has 2 heterocycles. The number of carbonyl (C=O) groups is 2. The highest BCUT2D eigenvalue weighted by molar-refractivity contribution is 5.99. The lowest BCUT2D eigenvalue weighted by Crippen LogP contribution is -2.38. The van der Waals surface area contributed by atoms with Crippen LogP contribution in [0.5, 0.6) is 0 Å². The summed E-state index contributed by atoms with van der Waals surface area (Å²) in [6.45, 7) is 5.11. The fraction of sp³-hybridized carbons (Fsp3) is 0.259. The zero-order valence-corrected chi connectivity index (χ0v) is 17.5. The third-order valence-corrected chi connectivity index (χ3v) is 6.72. The van der Waals surface area contributed by atoms with Gasteiger partial charge in [0.15, 0.2) is 0 Å². The first-order chi connectivity index (χ1) is 15.2. The second-order valence-electron chi connectivity index (χ2n) is 8.46. The van der Waals surface area contributed by atoms with Gasteiger partial charge in [-0.3, -0.25) is 9.59 Å². The van der Waals surface area contributed by atoms with E-state index in [4.69, 9.17) is 0 Å². The maximum atomic E-state index is 13.2. The van der Waals surface area contributed by atoms with Crippen molar-refractivity contribution in [1.82, 2.24) is 9.80 Å². The Morgan fingerprint density at radius 2 is 1.45 bits per heavy atom. The van der Waals surface area contributed by atoms with Crippen molar-refractivity contribution in [2.75, 3.05) is 0 Å². The van der Waals surface area contributed by atoms with Crippen molar-refractivity contribution in [3.8, 4) is 0 Å². The molecule has 5 rings (SSSR count). The molecule has 156 valence electrons. The summed E-state index contributed by atoms with van der Waals surface area (Å²) in [5.41, 5.74) is 4.96. The minimum absolute atomic E-state index is 0.00109. The second-order valence-corrected chi connectivity index (χ2v) is 8.46.